The second-order valence-corrected chi connectivity index (χ2v) is 12.9. The molecule has 0 radical (unpaired) electrons. The highest BCUT2D eigenvalue weighted by atomic mass is 15.4. The zero-order valence-electron chi connectivity index (χ0n) is 27.5. The van der Waals surface area contributed by atoms with E-state index in [1.807, 2.05) is 0 Å². The van der Waals surface area contributed by atoms with E-state index in [1.165, 1.54) is 199 Å². The van der Waals surface area contributed by atoms with Crippen molar-refractivity contribution >= 4 is 0 Å². The van der Waals surface area contributed by atoms with E-state index >= 15 is 0 Å². The lowest BCUT2D eigenvalue weighted by atomic mass is 10.0. The molecule has 0 spiro atoms. The lowest BCUT2D eigenvalue weighted by Gasteiger charge is -2.33. The summed E-state index contributed by atoms with van der Waals surface area (Å²) in [6, 6.07) is 0. The van der Waals surface area contributed by atoms with Gasteiger partial charge in [0, 0.05) is 25.5 Å². The average molecular weight is 547 g/mol. The predicted molar refractivity (Wildman–Crippen MR) is 177 cm³/mol. The Kier molecular flexibility index (Phi) is 26.9. The fourth-order valence-corrected chi connectivity index (χ4v) is 6.36. The van der Waals surface area contributed by atoms with Crippen LogP contribution in [0.25, 0.3) is 0 Å². The second kappa shape index (κ2) is 28.9. The molecule has 0 aromatic carbocycles. The molecular weight excluding hydrogens is 472 g/mol. The van der Waals surface area contributed by atoms with Crippen molar-refractivity contribution < 1.29 is 0 Å². The lowest BCUT2D eigenvalue weighted by molar-refractivity contribution is 0.135. The van der Waals surface area contributed by atoms with Gasteiger partial charge in [0.1, 0.15) is 6.17 Å². The summed E-state index contributed by atoms with van der Waals surface area (Å²) in [5, 5.41) is 0. The third-order valence-corrected chi connectivity index (χ3v) is 9.07. The molecule has 0 aromatic rings. The predicted octanol–water partition coefficient (Wildman–Crippen LogP) is 12.8. The molecule has 1 heterocycles. The molecule has 1 atom stereocenters. The summed E-state index contributed by atoms with van der Waals surface area (Å²) in [4.78, 5) is 5.41. The van der Waals surface area contributed by atoms with Gasteiger partial charge in [-0.25, -0.2) is 0 Å². The molecule has 0 N–H and O–H groups in total. The maximum Gasteiger partial charge on any atom is 0.101 e. The van der Waals surface area contributed by atoms with E-state index in [9.17, 15) is 0 Å². The van der Waals surface area contributed by atoms with Crippen LogP contribution in [0.4, 0.5) is 0 Å². The quantitative estimate of drug-likeness (QED) is 0.0798. The van der Waals surface area contributed by atoms with Crippen molar-refractivity contribution in [3.63, 3.8) is 0 Å². The Morgan fingerprint density at radius 1 is 0.333 bits per heavy atom. The van der Waals surface area contributed by atoms with Crippen LogP contribution in [-0.4, -0.2) is 29.1 Å². The molecule has 0 fully saturated rings. The molecule has 1 aliphatic rings. The van der Waals surface area contributed by atoms with Crippen molar-refractivity contribution in [2.45, 2.75) is 213 Å². The van der Waals surface area contributed by atoms with Crippen LogP contribution in [0.3, 0.4) is 0 Å². The van der Waals surface area contributed by atoms with E-state index < -0.39 is 0 Å². The lowest BCUT2D eigenvalue weighted by Crippen LogP contribution is -2.39. The van der Waals surface area contributed by atoms with Crippen LogP contribution in [0.15, 0.2) is 12.4 Å². The van der Waals surface area contributed by atoms with Crippen LogP contribution in [0.2, 0.25) is 0 Å². The van der Waals surface area contributed by atoms with E-state index in [0.29, 0.717) is 6.17 Å². The van der Waals surface area contributed by atoms with Crippen LogP contribution in [0.5, 0.6) is 0 Å². The Labute approximate surface area is 248 Å². The standard InChI is InChI=1S/C37H74N2/c1-4-7-10-13-16-18-19-20-21-22-23-26-29-32-37-38(33-30-27-24-15-12-9-6-3)35-36-39(37)34-31-28-25-17-14-11-8-5-2/h35-37H,4-34H2,1-3H3. The summed E-state index contributed by atoms with van der Waals surface area (Å²) in [5.41, 5.74) is 0. The summed E-state index contributed by atoms with van der Waals surface area (Å²) in [6.45, 7) is 9.47. The summed E-state index contributed by atoms with van der Waals surface area (Å²) >= 11 is 0. The molecule has 2 nitrogen and oxygen atoms in total. The van der Waals surface area contributed by atoms with Gasteiger partial charge in [0.05, 0.1) is 0 Å². The highest BCUT2D eigenvalue weighted by molar-refractivity contribution is 4.97. The molecule has 1 rings (SSSR count). The topological polar surface area (TPSA) is 6.48 Å². The second-order valence-electron chi connectivity index (χ2n) is 12.9. The largest absolute Gasteiger partial charge is 0.356 e. The monoisotopic (exact) mass is 547 g/mol. The SMILES string of the molecule is CCCCCCCCCCCCCCCC1N(CCCCCCCCC)C=CN1CCCCCCCCCC. The molecule has 0 saturated heterocycles. The molecule has 0 aliphatic carbocycles. The Balaban J connectivity index is 2.21. The number of rotatable bonds is 31. The number of nitrogens with zero attached hydrogens (tertiary/aromatic N) is 2. The summed E-state index contributed by atoms with van der Waals surface area (Å²) in [7, 11) is 0. The van der Waals surface area contributed by atoms with E-state index in [2.05, 4.69) is 43.0 Å². The summed E-state index contributed by atoms with van der Waals surface area (Å²) in [6.07, 6.45) is 46.9. The first-order valence-electron chi connectivity index (χ1n) is 18.5. The Hall–Kier alpha value is -0.660. The van der Waals surface area contributed by atoms with E-state index in [0.717, 1.165) is 0 Å². The first kappa shape index (κ1) is 36.4. The fraction of sp³-hybridized carbons (Fsp3) is 0.946. The van der Waals surface area contributed by atoms with Gasteiger partial charge < -0.3 is 9.80 Å². The van der Waals surface area contributed by atoms with Gasteiger partial charge >= 0.3 is 0 Å². The Morgan fingerprint density at radius 3 is 0.897 bits per heavy atom. The van der Waals surface area contributed by atoms with E-state index in [1.54, 1.807) is 0 Å². The third-order valence-electron chi connectivity index (χ3n) is 9.07. The summed E-state index contributed by atoms with van der Waals surface area (Å²) in [5.74, 6) is 0. The van der Waals surface area contributed by atoms with Crippen molar-refractivity contribution in [3.05, 3.63) is 12.4 Å². The Morgan fingerprint density at radius 2 is 0.590 bits per heavy atom. The van der Waals surface area contributed by atoms with Crippen molar-refractivity contribution in [1.29, 1.82) is 0 Å². The van der Waals surface area contributed by atoms with Gasteiger partial charge in [-0.3, -0.25) is 0 Å². The van der Waals surface area contributed by atoms with Crippen LogP contribution in [0, 0.1) is 0 Å². The molecule has 0 aromatic heterocycles. The van der Waals surface area contributed by atoms with Crippen LogP contribution >= 0.6 is 0 Å². The third kappa shape index (κ3) is 21.7. The van der Waals surface area contributed by atoms with Crippen molar-refractivity contribution in [3.8, 4) is 0 Å². The Bertz CT molecular complexity index is 502. The van der Waals surface area contributed by atoms with E-state index in [4.69, 9.17) is 0 Å². The molecular formula is C37H74N2. The molecule has 0 bridgehead atoms. The zero-order chi connectivity index (χ0) is 28.1. The van der Waals surface area contributed by atoms with Crippen LogP contribution < -0.4 is 0 Å². The molecule has 232 valence electrons. The van der Waals surface area contributed by atoms with Gasteiger partial charge in [-0.15, -0.1) is 0 Å². The molecule has 0 saturated carbocycles. The number of unbranched alkanes of at least 4 members (excludes halogenated alkanes) is 25. The van der Waals surface area contributed by atoms with Crippen molar-refractivity contribution in [2.75, 3.05) is 13.1 Å². The maximum absolute atomic E-state index is 2.71. The highest BCUT2D eigenvalue weighted by Crippen LogP contribution is 2.24. The molecule has 39 heavy (non-hydrogen) atoms. The minimum atomic E-state index is 0.641. The fourth-order valence-electron chi connectivity index (χ4n) is 6.36. The smallest absolute Gasteiger partial charge is 0.101 e. The molecule has 0 amide bonds. The van der Waals surface area contributed by atoms with Gasteiger partial charge in [0.15, 0.2) is 0 Å². The first-order chi connectivity index (χ1) is 19.3. The molecule has 2 heteroatoms. The molecule has 1 unspecified atom stereocenters. The summed E-state index contributed by atoms with van der Waals surface area (Å²) < 4.78 is 0. The average Bonchev–Trinajstić information content (AvgIpc) is 3.33. The molecule has 1 aliphatic heterocycles. The van der Waals surface area contributed by atoms with Gasteiger partial charge in [-0.2, -0.15) is 0 Å². The van der Waals surface area contributed by atoms with Crippen molar-refractivity contribution in [1.82, 2.24) is 9.80 Å². The normalized spacial score (nSPS) is 15.2. The maximum atomic E-state index is 2.71. The van der Waals surface area contributed by atoms with Gasteiger partial charge in [0.25, 0.3) is 0 Å². The van der Waals surface area contributed by atoms with Gasteiger partial charge in [-0.05, 0) is 25.7 Å². The number of hydrogen-bond donors (Lipinski definition) is 0. The van der Waals surface area contributed by atoms with Gasteiger partial charge in [0.2, 0.25) is 0 Å². The minimum absolute atomic E-state index is 0.641. The zero-order valence-corrected chi connectivity index (χ0v) is 27.5. The van der Waals surface area contributed by atoms with Crippen molar-refractivity contribution in [2.24, 2.45) is 0 Å². The number of hydrogen-bond acceptors (Lipinski definition) is 2. The highest BCUT2D eigenvalue weighted by Gasteiger charge is 2.24. The minimum Gasteiger partial charge on any atom is -0.356 e. The van der Waals surface area contributed by atoms with Gasteiger partial charge in [-0.1, -0.05) is 181 Å². The van der Waals surface area contributed by atoms with Crippen LogP contribution in [-0.2, 0) is 0 Å². The van der Waals surface area contributed by atoms with E-state index in [-0.39, 0.29) is 0 Å². The first-order valence-corrected chi connectivity index (χ1v) is 18.5. The van der Waals surface area contributed by atoms with Crippen LogP contribution in [0.1, 0.15) is 207 Å².